The summed E-state index contributed by atoms with van der Waals surface area (Å²) in [6, 6.07) is 0.724. The molecule has 0 amide bonds. The average Bonchev–Trinajstić information content (AvgIpc) is 2.20. The number of rotatable bonds is 0. The molecule has 100 valence electrons. The lowest BCUT2D eigenvalue weighted by atomic mass is 9.83. The predicted octanol–water partition coefficient (Wildman–Crippen LogP) is 3.19. The Bertz CT molecular complexity index is 239. The van der Waals surface area contributed by atoms with Gasteiger partial charge in [-0.25, -0.2) is 0 Å². The van der Waals surface area contributed by atoms with Gasteiger partial charge < -0.3 is 5.11 Å². The Morgan fingerprint density at radius 2 is 1.82 bits per heavy atom. The monoisotopic (exact) mass is 239 g/mol. The first-order valence-corrected chi connectivity index (χ1v) is 7.55. The number of nitrogens with zero attached hydrogens (tertiary/aromatic N) is 1. The summed E-state index contributed by atoms with van der Waals surface area (Å²) in [5, 5.41) is 10.4. The molecule has 2 nitrogen and oxygen atoms in total. The topological polar surface area (TPSA) is 23.5 Å². The van der Waals surface area contributed by atoms with Gasteiger partial charge in [-0.05, 0) is 45.1 Å². The molecule has 0 aromatic heterocycles. The molecule has 2 heteroatoms. The minimum Gasteiger partial charge on any atom is -0.389 e. The highest BCUT2D eigenvalue weighted by molar-refractivity contribution is 4.88. The number of aliphatic hydroxyl groups is 1. The fourth-order valence-electron chi connectivity index (χ4n) is 3.72. The Morgan fingerprint density at radius 1 is 1.06 bits per heavy atom. The Labute approximate surface area is 106 Å². The first kappa shape index (κ1) is 13.4. The lowest BCUT2D eigenvalue weighted by Gasteiger charge is -2.43. The smallest absolute Gasteiger partial charge is 0.0746 e. The third-order valence-electron chi connectivity index (χ3n) is 4.74. The zero-order chi connectivity index (χ0) is 12.3. The zero-order valence-electron chi connectivity index (χ0n) is 11.6. The lowest BCUT2D eigenvalue weighted by molar-refractivity contribution is -0.0283. The second kappa shape index (κ2) is 5.71. The number of hydrogen-bond acceptors (Lipinski definition) is 2. The van der Waals surface area contributed by atoms with Crippen molar-refractivity contribution in [2.24, 2.45) is 5.92 Å². The molecule has 2 rings (SSSR count). The largest absolute Gasteiger partial charge is 0.389 e. The molecule has 2 fully saturated rings. The van der Waals surface area contributed by atoms with Gasteiger partial charge in [0.1, 0.15) is 0 Å². The van der Waals surface area contributed by atoms with Crippen LogP contribution in [0.25, 0.3) is 0 Å². The van der Waals surface area contributed by atoms with E-state index in [-0.39, 0.29) is 0 Å². The van der Waals surface area contributed by atoms with Crippen LogP contribution in [0.4, 0.5) is 0 Å². The van der Waals surface area contributed by atoms with Gasteiger partial charge in [-0.1, -0.05) is 32.6 Å². The molecular weight excluding hydrogens is 210 g/mol. The van der Waals surface area contributed by atoms with E-state index in [0.29, 0.717) is 0 Å². The second-order valence-electron chi connectivity index (χ2n) is 6.61. The summed E-state index contributed by atoms with van der Waals surface area (Å²) in [4.78, 5) is 2.60. The van der Waals surface area contributed by atoms with Gasteiger partial charge >= 0.3 is 0 Å². The molecule has 2 aliphatic heterocycles. The van der Waals surface area contributed by atoms with Crippen molar-refractivity contribution in [1.82, 2.24) is 4.90 Å². The second-order valence-corrected chi connectivity index (χ2v) is 6.61. The normalized spacial score (nSPS) is 41.8. The molecule has 0 saturated carbocycles. The van der Waals surface area contributed by atoms with Gasteiger partial charge in [0.05, 0.1) is 5.60 Å². The maximum absolute atomic E-state index is 10.4. The Kier molecular flexibility index (Phi) is 4.48. The van der Waals surface area contributed by atoms with Crippen LogP contribution in [-0.4, -0.2) is 34.7 Å². The first-order chi connectivity index (χ1) is 8.08. The van der Waals surface area contributed by atoms with Crippen LogP contribution >= 0.6 is 0 Å². The van der Waals surface area contributed by atoms with Gasteiger partial charge in [0.15, 0.2) is 0 Å². The van der Waals surface area contributed by atoms with Gasteiger partial charge in [0.2, 0.25) is 0 Å². The molecular formula is C15H29NO. The van der Waals surface area contributed by atoms with Crippen LogP contribution in [0.15, 0.2) is 0 Å². The van der Waals surface area contributed by atoms with Crippen LogP contribution in [0.5, 0.6) is 0 Å². The van der Waals surface area contributed by atoms with Crippen LogP contribution in [0.2, 0.25) is 0 Å². The fraction of sp³-hybridized carbons (Fsp3) is 1.00. The van der Waals surface area contributed by atoms with Crippen LogP contribution < -0.4 is 0 Å². The third kappa shape index (κ3) is 3.69. The van der Waals surface area contributed by atoms with E-state index >= 15 is 0 Å². The van der Waals surface area contributed by atoms with Crippen molar-refractivity contribution in [3.63, 3.8) is 0 Å². The maximum Gasteiger partial charge on any atom is 0.0746 e. The summed E-state index contributed by atoms with van der Waals surface area (Å²) in [6.07, 6.45) is 10.3. The molecule has 0 radical (unpaired) electrons. The SMILES string of the molecule is CC1CCCC(C)(O)CN2CCCCCCC12. The molecule has 0 aromatic carbocycles. The van der Waals surface area contributed by atoms with Crippen molar-refractivity contribution < 1.29 is 5.11 Å². The van der Waals surface area contributed by atoms with Crippen molar-refractivity contribution in [2.45, 2.75) is 76.9 Å². The van der Waals surface area contributed by atoms with Gasteiger partial charge in [-0.3, -0.25) is 4.90 Å². The Morgan fingerprint density at radius 3 is 2.65 bits per heavy atom. The van der Waals surface area contributed by atoms with E-state index in [9.17, 15) is 5.11 Å². The molecule has 0 bridgehead atoms. The maximum atomic E-state index is 10.4. The third-order valence-corrected chi connectivity index (χ3v) is 4.74. The van der Waals surface area contributed by atoms with Crippen molar-refractivity contribution >= 4 is 0 Å². The fourth-order valence-corrected chi connectivity index (χ4v) is 3.72. The van der Waals surface area contributed by atoms with Crippen LogP contribution in [0.3, 0.4) is 0 Å². The molecule has 3 unspecified atom stereocenters. The van der Waals surface area contributed by atoms with Crippen molar-refractivity contribution in [3.05, 3.63) is 0 Å². The summed E-state index contributed by atoms with van der Waals surface area (Å²) in [6.45, 7) is 6.53. The van der Waals surface area contributed by atoms with E-state index in [1.165, 1.54) is 51.5 Å². The highest BCUT2D eigenvalue weighted by Gasteiger charge is 2.33. The summed E-state index contributed by atoms with van der Waals surface area (Å²) < 4.78 is 0. The summed E-state index contributed by atoms with van der Waals surface area (Å²) >= 11 is 0. The van der Waals surface area contributed by atoms with E-state index in [2.05, 4.69) is 11.8 Å². The average molecular weight is 239 g/mol. The van der Waals surface area contributed by atoms with E-state index in [4.69, 9.17) is 0 Å². The lowest BCUT2D eigenvalue weighted by Crippen LogP contribution is -2.50. The van der Waals surface area contributed by atoms with Crippen molar-refractivity contribution in [1.29, 1.82) is 0 Å². The molecule has 1 N–H and O–H groups in total. The van der Waals surface area contributed by atoms with Gasteiger partial charge in [0.25, 0.3) is 0 Å². The van der Waals surface area contributed by atoms with Crippen LogP contribution in [0.1, 0.15) is 65.2 Å². The van der Waals surface area contributed by atoms with Crippen LogP contribution in [-0.2, 0) is 0 Å². The van der Waals surface area contributed by atoms with Gasteiger partial charge in [-0.15, -0.1) is 0 Å². The summed E-state index contributed by atoms with van der Waals surface area (Å²) in [5.41, 5.74) is -0.461. The minimum atomic E-state index is -0.461. The molecule has 0 aromatic rings. The highest BCUT2D eigenvalue weighted by atomic mass is 16.3. The standard InChI is InChI=1S/C15H29NO/c1-13-8-7-10-15(2,17)12-16-11-6-4-3-5-9-14(13)16/h13-14,17H,3-12H2,1-2H3. The predicted molar refractivity (Wildman–Crippen MR) is 72.1 cm³/mol. The molecule has 0 aliphatic carbocycles. The highest BCUT2D eigenvalue weighted by Crippen LogP contribution is 2.31. The van der Waals surface area contributed by atoms with E-state index < -0.39 is 5.60 Å². The molecule has 0 spiro atoms. The Balaban J connectivity index is 2.09. The van der Waals surface area contributed by atoms with E-state index in [1.807, 2.05) is 6.92 Å². The molecule has 2 aliphatic rings. The first-order valence-electron chi connectivity index (χ1n) is 7.55. The number of fused-ring (bicyclic) bond motifs is 1. The van der Waals surface area contributed by atoms with E-state index in [0.717, 1.165) is 24.9 Å². The molecule has 2 saturated heterocycles. The van der Waals surface area contributed by atoms with Crippen LogP contribution in [0, 0.1) is 5.92 Å². The van der Waals surface area contributed by atoms with Crippen molar-refractivity contribution in [3.8, 4) is 0 Å². The summed E-state index contributed by atoms with van der Waals surface area (Å²) in [7, 11) is 0. The molecule has 17 heavy (non-hydrogen) atoms. The molecule has 3 atom stereocenters. The number of hydrogen-bond donors (Lipinski definition) is 1. The zero-order valence-corrected chi connectivity index (χ0v) is 11.6. The van der Waals surface area contributed by atoms with Crippen molar-refractivity contribution in [2.75, 3.05) is 13.1 Å². The minimum absolute atomic E-state index is 0.461. The molecule has 2 heterocycles. The summed E-state index contributed by atoms with van der Waals surface area (Å²) in [5.74, 6) is 0.809. The van der Waals surface area contributed by atoms with Gasteiger partial charge in [0, 0.05) is 12.6 Å². The van der Waals surface area contributed by atoms with E-state index in [1.54, 1.807) is 0 Å². The van der Waals surface area contributed by atoms with Gasteiger partial charge in [-0.2, -0.15) is 0 Å². The Hall–Kier alpha value is -0.0800. The quantitative estimate of drug-likeness (QED) is 0.702.